The molecule has 0 aliphatic rings. The van der Waals surface area contributed by atoms with Crippen LogP contribution in [0, 0.1) is 6.92 Å². The summed E-state index contributed by atoms with van der Waals surface area (Å²) in [6.45, 7) is 5.10. The maximum absolute atomic E-state index is 4.99. The van der Waals surface area contributed by atoms with Crippen molar-refractivity contribution in [3.05, 3.63) is 35.4 Å². The van der Waals surface area contributed by atoms with Gasteiger partial charge < -0.3 is 10.1 Å². The van der Waals surface area contributed by atoms with E-state index >= 15 is 0 Å². The van der Waals surface area contributed by atoms with Gasteiger partial charge in [0, 0.05) is 13.7 Å². The van der Waals surface area contributed by atoms with Crippen molar-refractivity contribution in [1.82, 2.24) is 5.32 Å². The molecule has 0 aliphatic heterocycles. The van der Waals surface area contributed by atoms with Gasteiger partial charge >= 0.3 is 0 Å². The first kappa shape index (κ1) is 12.2. The number of hydrogen-bond donors (Lipinski definition) is 1. The minimum atomic E-state index is 0.845. The second-order valence-corrected chi connectivity index (χ2v) is 3.77. The van der Waals surface area contributed by atoms with Crippen LogP contribution in [0.1, 0.15) is 17.5 Å². The third-order valence-corrected chi connectivity index (χ3v) is 2.53. The van der Waals surface area contributed by atoms with E-state index in [4.69, 9.17) is 4.74 Å². The first-order chi connectivity index (χ1) is 7.34. The highest BCUT2D eigenvalue weighted by Crippen LogP contribution is 2.06. The molecule has 15 heavy (non-hydrogen) atoms. The van der Waals surface area contributed by atoms with Gasteiger partial charge in [-0.15, -0.1) is 0 Å². The number of aryl methyl sites for hydroxylation is 1. The normalized spacial score (nSPS) is 10.5. The zero-order chi connectivity index (χ0) is 10.9. The molecule has 0 radical (unpaired) electrons. The summed E-state index contributed by atoms with van der Waals surface area (Å²) in [4.78, 5) is 0. The zero-order valence-electron chi connectivity index (χ0n) is 9.75. The van der Waals surface area contributed by atoms with E-state index in [9.17, 15) is 0 Å². The number of hydrogen-bond acceptors (Lipinski definition) is 2. The van der Waals surface area contributed by atoms with E-state index in [0.29, 0.717) is 0 Å². The van der Waals surface area contributed by atoms with Gasteiger partial charge in [0.1, 0.15) is 0 Å². The number of nitrogens with one attached hydrogen (secondary N) is 1. The maximum atomic E-state index is 4.99. The molecule has 0 saturated heterocycles. The fraction of sp³-hybridized carbons (Fsp3) is 0.538. The minimum Gasteiger partial charge on any atom is -0.385 e. The molecule has 0 unspecified atom stereocenters. The number of methoxy groups -OCH3 is 1. The summed E-state index contributed by atoms with van der Waals surface area (Å²) in [7, 11) is 1.74. The molecule has 0 fully saturated rings. The Hall–Kier alpha value is -0.860. The van der Waals surface area contributed by atoms with Crippen LogP contribution in [0.15, 0.2) is 24.3 Å². The standard InChI is InChI=1S/C13H21NO/c1-12-6-3-4-7-13(12)8-10-14-9-5-11-15-2/h3-4,6-7,14H,5,8-11H2,1-2H3. The average molecular weight is 207 g/mol. The predicted octanol–water partition coefficient (Wildman–Crippen LogP) is 2.16. The van der Waals surface area contributed by atoms with Crippen LogP contribution >= 0.6 is 0 Å². The molecule has 0 aromatic heterocycles. The largest absolute Gasteiger partial charge is 0.385 e. The summed E-state index contributed by atoms with van der Waals surface area (Å²) in [6, 6.07) is 8.56. The molecule has 84 valence electrons. The molecule has 1 aromatic rings. The summed E-state index contributed by atoms with van der Waals surface area (Å²) < 4.78 is 4.99. The summed E-state index contributed by atoms with van der Waals surface area (Å²) in [5.41, 5.74) is 2.83. The van der Waals surface area contributed by atoms with Crippen LogP contribution in [0.25, 0.3) is 0 Å². The van der Waals surface area contributed by atoms with Crippen LogP contribution in [0.3, 0.4) is 0 Å². The van der Waals surface area contributed by atoms with E-state index in [1.165, 1.54) is 11.1 Å². The minimum absolute atomic E-state index is 0.845. The van der Waals surface area contributed by atoms with Crippen molar-refractivity contribution < 1.29 is 4.74 Å². The first-order valence-corrected chi connectivity index (χ1v) is 5.58. The lowest BCUT2D eigenvalue weighted by atomic mass is 10.1. The molecule has 0 atom stereocenters. The first-order valence-electron chi connectivity index (χ1n) is 5.58. The molecule has 1 rings (SSSR count). The van der Waals surface area contributed by atoms with Crippen molar-refractivity contribution in [3.8, 4) is 0 Å². The Bertz CT molecular complexity index is 273. The third kappa shape index (κ3) is 4.96. The van der Waals surface area contributed by atoms with E-state index in [0.717, 1.165) is 32.5 Å². The Morgan fingerprint density at radius 2 is 2.00 bits per heavy atom. The second-order valence-electron chi connectivity index (χ2n) is 3.77. The molecular weight excluding hydrogens is 186 g/mol. The van der Waals surface area contributed by atoms with Crippen molar-refractivity contribution >= 4 is 0 Å². The molecule has 0 heterocycles. The lowest BCUT2D eigenvalue weighted by Crippen LogP contribution is -2.19. The van der Waals surface area contributed by atoms with E-state index in [-0.39, 0.29) is 0 Å². The maximum Gasteiger partial charge on any atom is 0.0474 e. The second kappa shape index (κ2) is 7.43. The van der Waals surface area contributed by atoms with E-state index in [2.05, 4.69) is 36.5 Å². The lowest BCUT2D eigenvalue weighted by Gasteiger charge is -2.06. The van der Waals surface area contributed by atoms with Gasteiger partial charge in [-0.25, -0.2) is 0 Å². The molecule has 0 spiro atoms. The average Bonchev–Trinajstić information content (AvgIpc) is 2.25. The van der Waals surface area contributed by atoms with Gasteiger partial charge in [-0.2, -0.15) is 0 Å². The van der Waals surface area contributed by atoms with E-state index in [1.807, 2.05) is 0 Å². The highest BCUT2D eigenvalue weighted by molar-refractivity contribution is 5.25. The van der Waals surface area contributed by atoms with Gasteiger partial charge in [0.25, 0.3) is 0 Å². The Morgan fingerprint density at radius 3 is 2.73 bits per heavy atom. The summed E-state index contributed by atoms with van der Waals surface area (Å²) >= 11 is 0. The monoisotopic (exact) mass is 207 g/mol. The van der Waals surface area contributed by atoms with Gasteiger partial charge in [-0.05, 0) is 44.0 Å². The number of ether oxygens (including phenoxy) is 1. The fourth-order valence-corrected chi connectivity index (χ4v) is 1.58. The van der Waals surface area contributed by atoms with Crippen molar-refractivity contribution in [2.24, 2.45) is 0 Å². The van der Waals surface area contributed by atoms with Gasteiger partial charge in [0.2, 0.25) is 0 Å². The van der Waals surface area contributed by atoms with Crippen molar-refractivity contribution in [3.63, 3.8) is 0 Å². The predicted molar refractivity (Wildman–Crippen MR) is 64.2 cm³/mol. The highest BCUT2D eigenvalue weighted by Gasteiger charge is 1.95. The smallest absolute Gasteiger partial charge is 0.0474 e. The molecule has 0 saturated carbocycles. The zero-order valence-corrected chi connectivity index (χ0v) is 9.75. The fourth-order valence-electron chi connectivity index (χ4n) is 1.58. The molecule has 2 nitrogen and oxygen atoms in total. The number of benzene rings is 1. The van der Waals surface area contributed by atoms with Gasteiger partial charge in [0.05, 0.1) is 0 Å². The van der Waals surface area contributed by atoms with Gasteiger partial charge in [0.15, 0.2) is 0 Å². The van der Waals surface area contributed by atoms with Crippen LogP contribution in [0.2, 0.25) is 0 Å². The Balaban J connectivity index is 2.12. The van der Waals surface area contributed by atoms with Crippen molar-refractivity contribution in [2.45, 2.75) is 19.8 Å². The van der Waals surface area contributed by atoms with E-state index < -0.39 is 0 Å². The topological polar surface area (TPSA) is 21.3 Å². The highest BCUT2D eigenvalue weighted by atomic mass is 16.5. The summed E-state index contributed by atoms with van der Waals surface area (Å²) in [5, 5.41) is 3.42. The summed E-state index contributed by atoms with van der Waals surface area (Å²) in [5.74, 6) is 0. The Morgan fingerprint density at radius 1 is 1.20 bits per heavy atom. The van der Waals surface area contributed by atoms with Crippen LogP contribution in [0.4, 0.5) is 0 Å². The van der Waals surface area contributed by atoms with Gasteiger partial charge in [-0.3, -0.25) is 0 Å². The third-order valence-electron chi connectivity index (χ3n) is 2.53. The number of rotatable bonds is 7. The van der Waals surface area contributed by atoms with Crippen LogP contribution < -0.4 is 5.32 Å². The summed E-state index contributed by atoms with van der Waals surface area (Å²) in [6.07, 6.45) is 2.20. The molecule has 0 amide bonds. The quantitative estimate of drug-likeness (QED) is 0.692. The molecule has 2 heteroatoms. The van der Waals surface area contributed by atoms with Gasteiger partial charge in [-0.1, -0.05) is 24.3 Å². The molecule has 1 aromatic carbocycles. The lowest BCUT2D eigenvalue weighted by molar-refractivity contribution is 0.194. The molecule has 0 aliphatic carbocycles. The molecular formula is C13H21NO. The van der Waals surface area contributed by atoms with Crippen LogP contribution in [0.5, 0.6) is 0 Å². The Labute approximate surface area is 92.6 Å². The van der Waals surface area contributed by atoms with Crippen molar-refractivity contribution in [2.75, 3.05) is 26.8 Å². The SMILES string of the molecule is COCCCNCCc1ccccc1C. The van der Waals surface area contributed by atoms with Crippen LogP contribution in [-0.4, -0.2) is 26.8 Å². The van der Waals surface area contributed by atoms with E-state index in [1.54, 1.807) is 7.11 Å². The molecule has 1 N–H and O–H groups in total. The molecule has 0 bridgehead atoms. The Kier molecular flexibility index (Phi) is 6.05. The van der Waals surface area contributed by atoms with Crippen molar-refractivity contribution in [1.29, 1.82) is 0 Å². The van der Waals surface area contributed by atoms with Crippen LogP contribution in [-0.2, 0) is 11.2 Å².